The van der Waals surface area contributed by atoms with Gasteiger partial charge >= 0.3 is 0 Å². The Morgan fingerprint density at radius 2 is 2.03 bits per heavy atom. The van der Waals surface area contributed by atoms with Crippen LogP contribution in [-0.2, 0) is 36.5 Å². The smallest absolute Gasteiger partial charge is 0.231 e. The van der Waals surface area contributed by atoms with E-state index >= 15 is 0 Å². The van der Waals surface area contributed by atoms with E-state index in [4.69, 9.17) is 24.3 Å². The molecule has 1 N–H and O–H groups in total. The van der Waals surface area contributed by atoms with Crippen LogP contribution in [0.2, 0.25) is 0 Å². The zero-order chi connectivity index (χ0) is 26.9. The third kappa shape index (κ3) is 5.79. The molecule has 0 fully saturated rings. The molecule has 5 rings (SSSR count). The van der Waals surface area contributed by atoms with Gasteiger partial charge < -0.3 is 24.3 Å². The molecular formula is C30H38N4O4. The monoisotopic (exact) mass is 518 g/mol. The van der Waals surface area contributed by atoms with Crippen LogP contribution in [0.1, 0.15) is 74.5 Å². The minimum absolute atomic E-state index is 0.0296. The van der Waals surface area contributed by atoms with Crippen LogP contribution in [0.5, 0.6) is 17.4 Å². The zero-order valence-corrected chi connectivity index (χ0v) is 23.1. The Hall–Kier alpha value is -3.55. The Morgan fingerprint density at radius 1 is 1.18 bits per heavy atom. The summed E-state index contributed by atoms with van der Waals surface area (Å²) in [4.78, 5) is 17.0. The van der Waals surface area contributed by atoms with E-state index < -0.39 is 0 Å². The van der Waals surface area contributed by atoms with E-state index in [2.05, 4.69) is 44.3 Å². The molecular weight excluding hydrogens is 480 g/mol. The van der Waals surface area contributed by atoms with Gasteiger partial charge in [0, 0.05) is 43.8 Å². The molecule has 2 aromatic heterocycles. The number of carbonyl (C=O) groups excluding carboxylic acids is 1. The molecule has 0 amide bonds. The average Bonchev–Trinajstić information content (AvgIpc) is 3.48. The number of carbonyl (C=O) groups is 1. The third-order valence-electron chi connectivity index (χ3n) is 7.21. The average molecular weight is 519 g/mol. The number of aromatic nitrogens is 3. The first-order valence-corrected chi connectivity index (χ1v) is 13.5. The maximum Gasteiger partial charge on any atom is 0.231 e. The van der Waals surface area contributed by atoms with Crippen LogP contribution in [0.25, 0.3) is 0 Å². The number of ketones is 1. The number of hydrogen-bond acceptors (Lipinski definition) is 7. The van der Waals surface area contributed by atoms with Gasteiger partial charge in [-0.2, -0.15) is 5.10 Å². The molecule has 1 atom stereocenters. The number of anilines is 1. The lowest BCUT2D eigenvalue weighted by atomic mass is 9.81. The van der Waals surface area contributed by atoms with E-state index in [0.29, 0.717) is 25.3 Å². The Labute approximate surface area is 224 Å². The summed E-state index contributed by atoms with van der Waals surface area (Å²) in [6.07, 6.45) is 4.00. The first-order valence-electron chi connectivity index (χ1n) is 13.5. The fraction of sp³-hybridized carbons (Fsp3) is 0.500. The van der Waals surface area contributed by atoms with E-state index in [1.54, 1.807) is 11.6 Å². The molecule has 3 aromatic rings. The van der Waals surface area contributed by atoms with Crippen LogP contribution in [0, 0.1) is 0 Å². The quantitative estimate of drug-likeness (QED) is 0.420. The fourth-order valence-electron chi connectivity index (χ4n) is 5.24. The van der Waals surface area contributed by atoms with Gasteiger partial charge in [0.2, 0.25) is 12.7 Å². The SMILES string of the molecule is CC(=O)CC(Cc1cc(OCCc2ccc3c(n2)NCCC3)n(C)n1)c1cc2c(c(C(C)(C)C)c1)OCO2. The van der Waals surface area contributed by atoms with Crippen LogP contribution >= 0.6 is 0 Å². The van der Waals surface area contributed by atoms with Crippen molar-refractivity contribution in [2.75, 3.05) is 25.3 Å². The molecule has 4 heterocycles. The number of Topliss-reactive ketones (excluding diaryl/α,β-unsaturated/α-hetero) is 1. The summed E-state index contributed by atoms with van der Waals surface area (Å²) >= 11 is 0. The molecule has 2 aliphatic rings. The summed E-state index contributed by atoms with van der Waals surface area (Å²) in [6, 6.07) is 10.4. The first-order chi connectivity index (χ1) is 18.2. The van der Waals surface area contributed by atoms with Crippen LogP contribution in [-0.4, -0.2) is 40.5 Å². The van der Waals surface area contributed by atoms with Gasteiger partial charge in [-0.1, -0.05) is 32.9 Å². The van der Waals surface area contributed by atoms with Crippen molar-refractivity contribution in [3.8, 4) is 17.4 Å². The maximum absolute atomic E-state index is 12.3. The van der Waals surface area contributed by atoms with Gasteiger partial charge in [0.1, 0.15) is 11.6 Å². The Balaban J connectivity index is 1.30. The second-order valence-corrected chi connectivity index (χ2v) is 11.4. The normalized spacial score (nSPS) is 15.1. The number of rotatable bonds is 9. The van der Waals surface area contributed by atoms with Gasteiger partial charge in [0.05, 0.1) is 12.3 Å². The van der Waals surface area contributed by atoms with Gasteiger partial charge in [0.15, 0.2) is 11.5 Å². The van der Waals surface area contributed by atoms with E-state index in [1.165, 1.54) is 5.56 Å². The topological polar surface area (TPSA) is 87.5 Å². The molecule has 202 valence electrons. The van der Waals surface area contributed by atoms with Crippen molar-refractivity contribution in [3.05, 3.63) is 58.4 Å². The van der Waals surface area contributed by atoms with Gasteiger partial charge in [-0.25, -0.2) is 9.67 Å². The summed E-state index contributed by atoms with van der Waals surface area (Å²) < 4.78 is 19.4. The van der Waals surface area contributed by atoms with E-state index in [1.807, 2.05) is 19.2 Å². The minimum atomic E-state index is -0.121. The van der Waals surface area contributed by atoms with Crippen LogP contribution in [0.15, 0.2) is 30.3 Å². The van der Waals surface area contributed by atoms with Crippen molar-refractivity contribution < 1.29 is 19.0 Å². The number of pyridine rings is 1. The second-order valence-electron chi connectivity index (χ2n) is 11.4. The number of fused-ring (bicyclic) bond motifs is 2. The summed E-state index contributed by atoms with van der Waals surface area (Å²) in [5, 5.41) is 8.10. The largest absolute Gasteiger partial charge is 0.477 e. The summed E-state index contributed by atoms with van der Waals surface area (Å²) in [5.41, 5.74) is 5.22. The number of aryl methyl sites for hydroxylation is 2. The molecule has 8 nitrogen and oxygen atoms in total. The highest BCUT2D eigenvalue weighted by atomic mass is 16.7. The molecule has 0 spiro atoms. The molecule has 2 aliphatic heterocycles. The van der Waals surface area contributed by atoms with Crippen LogP contribution in [0.4, 0.5) is 5.82 Å². The Morgan fingerprint density at radius 3 is 2.82 bits per heavy atom. The van der Waals surface area contributed by atoms with Gasteiger partial charge in [-0.05, 0) is 60.8 Å². The number of nitrogens with zero attached hydrogens (tertiary/aromatic N) is 3. The van der Waals surface area contributed by atoms with E-state index in [-0.39, 0.29) is 23.9 Å². The maximum atomic E-state index is 12.3. The lowest BCUT2D eigenvalue weighted by Gasteiger charge is -2.24. The van der Waals surface area contributed by atoms with Crippen molar-refractivity contribution in [2.45, 2.75) is 71.1 Å². The van der Waals surface area contributed by atoms with Crippen molar-refractivity contribution in [2.24, 2.45) is 7.05 Å². The molecule has 0 saturated carbocycles. The van der Waals surface area contributed by atoms with Crippen molar-refractivity contribution in [3.63, 3.8) is 0 Å². The molecule has 0 saturated heterocycles. The number of benzene rings is 1. The number of ether oxygens (including phenoxy) is 3. The van der Waals surface area contributed by atoms with Crippen molar-refractivity contribution in [1.29, 1.82) is 0 Å². The lowest BCUT2D eigenvalue weighted by molar-refractivity contribution is -0.117. The van der Waals surface area contributed by atoms with Gasteiger partial charge in [0.25, 0.3) is 0 Å². The molecule has 0 radical (unpaired) electrons. The first kappa shape index (κ1) is 26.1. The Kier molecular flexibility index (Phi) is 7.32. The highest BCUT2D eigenvalue weighted by molar-refractivity contribution is 5.76. The van der Waals surface area contributed by atoms with E-state index in [0.717, 1.165) is 65.6 Å². The molecule has 38 heavy (non-hydrogen) atoms. The highest BCUT2D eigenvalue weighted by Crippen LogP contribution is 2.44. The minimum Gasteiger partial charge on any atom is -0.477 e. The second kappa shape index (κ2) is 10.7. The standard InChI is InChI=1S/C30H38N4O4/c1-19(35)13-21(22-15-25(30(2,3)4)28-26(16-22)37-18-38-28)14-24-17-27(34(5)33-24)36-12-10-23-9-8-20-7-6-11-31-29(20)32-23/h8-9,15-17,21H,6-7,10-14,18H2,1-5H3,(H,31,32). The number of hydrogen-bond donors (Lipinski definition) is 1. The summed E-state index contributed by atoms with van der Waals surface area (Å²) in [6.45, 7) is 9.83. The van der Waals surface area contributed by atoms with Gasteiger partial charge in [-0.3, -0.25) is 0 Å². The molecule has 8 heteroatoms. The third-order valence-corrected chi connectivity index (χ3v) is 7.21. The van der Waals surface area contributed by atoms with Crippen LogP contribution < -0.4 is 19.5 Å². The number of nitrogens with one attached hydrogen (secondary N) is 1. The van der Waals surface area contributed by atoms with Crippen LogP contribution in [0.3, 0.4) is 0 Å². The van der Waals surface area contributed by atoms with Crippen molar-refractivity contribution >= 4 is 11.6 Å². The molecule has 0 bridgehead atoms. The molecule has 0 aliphatic carbocycles. The lowest BCUT2D eigenvalue weighted by Crippen LogP contribution is -2.15. The summed E-state index contributed by atoms with van der Waals surface area (Å²) in [7, 11) is 1.89. The van der Waals surface area contributed by atoms with Crippen molar-refractivity contribution in [1.82, 2.24) is 14.8 Å². The molecule has 1 aromatic carbocycles. The molecule has 1 unspecified atom stereocenters. The van der Waals surface area contributed by atoms with Gasteiger partial charge in [-0.15, -0.1) is 0 Å². The fourth-order valence-corrected chi connectivity index (χ4v) is 5.24. The predicted octanol–water partition coefficient (Wildman–Crippen LogP) is 5.13. The highest BCUT2D eigenvalue weighted by Gasteiger charge is 2.29. The predicted molar refractivity (Wildman–Crippen MR) is 146 cm³/mol. The Bertz CT molecular complexity index is 1320. The zero-order valence-electron chi connectivity index (χ0n) is 23.1. The van der Waals surface area contributed by atoms with E-state index in [9.17, 15) is 4.79 Å². The summed E-state index contributed by atoms with van der Waals surface area (Å²) in [5.74, 6) is 3.38.